The van der Waals surface area contributed by atoms with Crippen LogP contribution in [0.15, 0.2) is 12.1 Å². The normalized spacial score (nSPS) is 11.5. The summed E-state index contributed by atoms with van der Waals surface area (Å²) in [6, 6.07) is 4.97. The van der Waals surface area contributed by atoms with Gasteiger partial charge in [-0.2, -0.15) is 5.26 Å². The number of aromatic nitrogens is 2. The lowest BCUT2D eigenvalue weighted by molar-refractivity contribution is 0.0945. The van der Waals surface area contributed by atoms with Gasteiger partial charge in [-0.15, -0.1) is 10.2 Å². The van der Waals surface area contributed by atoms with Gasteiger partial charge in [-0.05, 0) is 19.1 Å². The van der Waals surface area contributed by atoms with E-state index in [-0.39, 0.29) is 22.7 Å². The van der Waals surface area contributed by atoms with Crippen molar-refractivity contribution in [1.82, 2.24) is 15.5 Å². The monoisotopic (exact) mass is 224 g/mol. The van der Waals surface area contributed by atoms with Crippen molar-refractivity contribution in [3.8, 4) is 6.07 Å². The third-order valence-corrected chi connectivity index (χ3v) is 1.86. The Morgan fingerprint density at radius 3 is 2.93 bits per heavy atom. The molecule has 1 heterocycles. The molecule has 15 heavy (non-hydrogen) atoms. The van der Waals surface area contributed by atoms with Crippen LogP contribution in [0.1, 0.15) is 17.4 Å². The van der Waals surface area contributed by atoms with Crippen molar-refractivity contribution in [3.63, 3.8) is 0 Å². The minimum absolute atomic E-state index is 0.185. The van der Waals surface area contributed by atoms with Crippen molar-refractivity contribution in [2.45, 2.75) is 6.92 Å². The van der Waals surface area contributed by atoms with E-state index in [0.29, 0.717) is 6.54 Å². The summed E-state index contributed by atoms with van der Waals surface area (Å²) >= 11 is 5.52. The number of hydrogen-bond acceptors (Lipinski definition) is 4. The fourth-order valence-electron chi connectivity index (χ4n) is 0.819. The number of nitriles is 1. The summed E-state index contributed by atoms with van der Waals surface area (Å²) in [7, 11) is 0. The Morgan fingerprint density at radius 1 is 1.67 bits per heavy atom. The molecule has 0 fully saturated rings. The Balaban J connectivity index is 2.55. The smallest absolute Gasteiger partial charge is 0.271 e. The Hall–Kier alpha value is -1.67. The van der Waals surface area contributed by atoms with Crippen molar-refractivity contribution < 1.29 is 4.79 Å². The molecule has 5 nitrogen and oxygen atoms in total. The molecule has 78 valence electrons. The van der Waals surface area contributed by atoms with E-state index >= 15 is 0 Å². The van der Waals surface area contributed by atoms with Crippen molar-refractivity contribution in [2.24, 2.45) is 5.92 Å². The van der Waals surface area contributed by atoms with E-state index in [0.717, 1.165) is 0 Å². The van der Waals surface area contributed by atoms with E-state index in [9.17, 15) is 4.79 Å². The van der Waals surface area contributed by atoms with E-state index in [4.69, 9.17) is 16.9 Å². The number of carbonyl (C=O) groups is 1. The van der Waals surface area contributed by atoms with Gasteiger partial charge < -0.3 is 5.32 Å². The van der Waals surface area contributed by atoms with Crippen LogP contribution < -0.4 is 5.32 Å². The van der Waals surface area contributed by atoms with Gasteiger partial charge in [-0.1, -0.05) is 11.6 Å². The summed E-state index contributed by atoms with van der Waals surface area (Å²) in [4.78, 5) is 11.4. The molecule has 0 aromatic carbocycles. The second-order valence-corrected chi connectivity index (χ2v) is 3.37. The molecule has 1 atom stereocenters. The Kier molecular flexibility index (Phi) is 4.01. The van der Waals surface area contributed by atoms with Gasteiger partial charge in [-0.3, -0.25) is 4.79 Å². The summed E-state index contributed by atoms with van der Waals surface area (Å²) in [6.45, 7) is 2.01. The van der Waals surface area contributed by atoms with Crippen LogP contribution >= 0.6 is 11.6 Å². The first-order valence-electron chi connectivity index (χ1n) is 4.30. The molecule has 1 amide bonds. The van der Waals surface area contributed by atoms with Crippen molar-refractivity contribution in [2.75, 3.05) is 6.54 Å². The lowest BCUT2D eigenvalue weighted by Gasteiger charge is -2.04. The van der Waals surface area contributed by atoms with Gasteiger partial charge in [0.2, 0.25) is 0 Å². The number of rotatable bonds is 3. The SMILES string of the molecule is CC(C#N)CNC(=O)c1ccc(Cl)nn1. The van der Waals surface area contributed by atoms with Crippen LogP contribution in [0.2, 0.25) is 5.15 Å². The molecule has 1 N–H and O–H groups in total. The molecule has 0 aliphatic rings. The lowest BCUT2D eigenvalue weighted by Crippen LogP contribution is -2.28. The van der Waals surface area contributed by atoms with Crippen LogP contribution in [-0.2, 0) is 0 Å². The summed E-state index contributed by atoms with van der Waals surface area (Å²) < 4.78 is 0. The molecule has 1 aromatic rings. The first kappa shape index (κ1) is 11.4. The highest BCUT2D eigenvalue weighted by atomic mass is 35.5. The molecule has 0 saturated heterocycles. The lowest BCUT2D eigenvalue weighted by atomic mass is 10.2. The molecule has 0 aliphatic heterocycles. The molecule has 0 saturated carbocycles. The van der Waals surface area contributed by atoms with Gasteiger partial charge in [0.15, 0.2) is 10.8 Å². The summed E-state index contributed by atoms with van der Waals surface area (Å²) in [5.41, 5.74) is 0.185. The van der Waals surface area contributed by atoms with Gasteiger partial charge >= 0.3 is 0 Å². The Bertz CT molecular complexity index is 384. The van der Waals surface area contributed by atoms with Crippen LogP contribution in [-0.4, -0.2) is 22.6 Å². The predicted molar refractivity (Wildman–Crippen MR) is 54.2 cm³/mol. The first-order chi connectivity index (χ1) is 7.13. The molecular weight excluding hydrogens is 216 g/mol. The zero-order chi connectivity index (χ0) is 11.3. The van der Waals surface area contributed by atoms with E-state index in [1.54, 1.807) is 6.92 Å². The van der Waals surface area contributed by atoms with Gasteiger partial charge in [-0.25, -0.2) is 0 Å². The highest BCUT2D eigenvalue weighted by Crippen LogP contribution is 2.02. The van der Waals surface area contributed by atoms with Gasteiger partial charge in [0.05, 0.1) is 12.0 Å². The van der Waals surface area contributed by atoms with Gasteiger partial charge in [0, 0.05) is 6.54 Å². The Morgan fingerprint density at radius 2 is 2.40 bits per heavy atom. The number of halogens is 1. The molecule has 0 aliphatic carbocycles. The first-order valence-corrected chi connectivity index (χ1v) is 4.68. The van der Waals surface area contributed by atoms with Crippen LogP contribution in [0.25, 0.3) is 0 Å². The zero-order valence-electron chi connectivity index (χ0n) is 8.07. The minimum atomic E-state index is -0.360. The zero-order valence-corrected chi connectivity index (χ0v) is 8.82. The standard InChI is InChI=1S/C9H9ClN4O/c1-6(4-11)5-12-9(15)7-2-3-8(10)14-13-7/h2-3,6H,5H2,1H3,(H,12,15). The molecule has 0 radical (unpaired) electrons. The predicted octanol–water partition coefficient (Wildman–Crippen LogP) is 1.02. The van der Waals surface area contributed by atoms with Crippen LogP contribution in [0.4, 0.5) is 0 Å². The van der Waals surface area contributed by atoms with Crippen LogP contribution in [0.3, 0.4) is 0 Å². The van der Waals surface area contributed by atoms with Gasteiger partial charge in [0.1, 0.15) is 0 Å². The molecule has 1 rings (SSSR count). The highest BCUT2D eigenvalue weighted by Gasteiger charge is 2.08. The number of amides is 1. The third kappa shape index (κ3) is 3.52. The fourth-order valence-corrected chi connectivity index (χ4v) is 0.920. The van der Waals surface area contributed by atoms with Crippen molar-refractivity contribution in [1.29, 1.82) is 5.26 Å². The van der Waals surface area contributed by atoms with E-state index in [1.165, 1.54) is 12.1 Å². The second kappa shape index (κ2) is 5.27. The van der Waals surface area contributed by atoms with Gasteiger partial charge in [0.25, 0.3) is 5.91 Å². The summed E-state index contributed by atoms with van der Waals surface area (Å²) in [5, 5.41) is 18.4. The highest BCUT2D eigenvalue weighted by molar-refractivity contribution is 6.29. The van der Waals surface area contributed by atoms with E-state index < -0.39 is 0 Å². The molecule has 0 bridgehead atoms. The second-order valence-electron chi connectivity index (χ2n) is 2.98. The van der Waals surface area contributed by atoms with Crippen LogP contribution in [0, 0.1) is 17.2 Å². The minimum Gasteiger partial charge on any atom is -0.349 e. The number of carbonyl (C=O) groups excluding carboxylic acids is 1. The molecular formula is C9H9ClN4O. The average Bonchev–Trinajstić information content (AvgIpc) is 2.26. The Labute approximate surface area is 92.1 Å². The fraction of sp³-hybridized carbons (Fsp3) is 0.333. The third-order valence-electron chi connectivity index (χ3n) is 1.65. The summed E-state index contributed by atoms with van der Waals surface area (Å²) in [6.07, 6.45) is 0. The number of nitrogens with zero attached hydrogens (tertiary/aromatic N) is 3. The molecule has 1 aromatic heterocycles. The maximum absolute atomic E-state index is 11.4. The molecule has 1 unspecified atom stereocenters. The topological polar surface area (TPSA) is 78.7 Å². The maximum Gasteiger partial charge on any atom is 0.271 e. The van der Waals surface area contributed by atoms with Crippen molar-refractivity contribution >= 4 is 17.5 Å². The number of nitrogens with one attached hydrogen (secondary N) is 1. The largest absolute Gasteiger partial charge is 0.349 e. The molecule has 6 heteroatoms. The summed E-state index contributed by atoms with van der Waals surface area (Å²) in [5.74, 6) is -0.588. The maximum atomic E-state index is 11.4. The quantitative estimate of drug-likeness (QED) is 0.832. The van der Waals surface area contributed by atoms with E-state index in [2.05, 4.69) is 15.5 Å². The van der Waals surface area contributed by atoms with Crippen molar-refractivity contribution in [3.05, 3.63) is 23.0 Å². The van der Waals surface area contributed by atoms with E-state index in [1.807, 2.05) is 6.07 Å². The van der Waals surface area contributed by atoms with Crippen LogP contribution in [0.5, 0.6) is 0 Å². The number of hydrogen-bond donors (Lipinski definition) is 1. The molecule has 0 spiro atoms. The average molecular weight is 225 g/mol.